The number of hydrogen-bond donors (Lipinski definition) is 1. The number of carbonyl (C=O) groups is 1. The Hall–Kier alpha value is -3.28. The first kappa shape index (κ1) is 21.0. The highest BCUT2D eigenvalue weighted by Gasteiger charge is 2.24. The second-order valence-electron chi connectivity index (χ2n) is 8.27. The molecule has 1 aliphatic rings. The van der Waals surface area contributed by atoms with Crippen LogP contribution in [0.25, 0.3) is 11.4 Å². The SMILES string of the molecule is Cc1nc(-c2ccncc2)[nH]c(=O)c1CCC(=O)N(Cc1ccccc1)CC1CCC1. The Labute approximate surface area is 182 Å². The lowest BCUT2D eigenvalue weighted by atomic mass is 9.85. The Morgan fingerprint density at radius 3 is 2.52 bits per heavy atom. The van der Waals surface area contributed by atoms with Crippen molar-refractivity contribution in [2.75, 3.05) is 6.54 Å². The number of H-pyrrole nitrogens is 1. The second-order valence-corrected chi connectivity index (χ2v) is 8.27. The van der Waals surface area contributed by atoms with Gasteiger partial charge in [-0.1, -0.05) is 36.8 Å². The standard InChI is InChI=1S/C25H28N4O2/c1-18-22(25(31)28-24(27-18)21-12-14-26-15-13-21)10-11-23(30)29(17-20-8-5-9-20)16-19-6-3-2-4-7-19/h2-4,6-7,12-15,20H,5,8-11,16-17H2,1H3,(H,27,28,31). The maximum absolute atomic E-state index is 13.1. The average Bonchev–Trinajstić information content (AvgIpc) is 2.75. The molecule has 1 aliphatic carbocycles. The number of nitrogens with zero attached hydrogens (tertiary/aromatic N) is 3. The topological polar surface area (TPSA) is 79.0 Å². The molecule has 3 aromatic rings. The molecule has 0 bridgehead atoms. The summed E-state index contributed by atoms with van der Waals surface area (Å²) >= 11 is 0. The number of benzene rings is 1. The molecule has 6 heteroatoms. The second kappa shape index (κ2) is 9.69. The van der Waals surface area contributed by atoms with Crippen LogP contribution in [-0.2, 0) is 17.8 Å². The average molecular weight is 417 g/mol. The van der Waals surface area contributed by atoms with Crippen molar-refractivity contribution in [1.82, 2.24) is 19.9 Å². The molecule has 160 valence electrons. The fourth-order valence-electron chi connectivity index (χ4n) is 3.99. The van der Waals surface area contributed by atoms with E-state index in [0.717, 1.165) is 17.7 Å². The van der Waals surface area contributed by atoms with Gasteiger partial charge in [-0.25, -0.2) is 4.98 Å². The van der Waals surface area contributed by atoms with Crippen LogP contribution < -0.4 is 5.56 Å². The molecule has 0 unspecified atom stereocenters. The van der Waals surface area contributed by atoms with E-state index in [1.165, 1.54) is 19.3 Å². The Morgan fingerprint density at radius 2 is 1.87 bits per heavy atom. The fourth-order valence-corrected chi connectivity index (χ4v) is 3.99. The Morgan fingerprint density at radius 1 is 1.13 bits per heavy atom. The van der Waals surface area contributed by atoms with Gasteiger partial charge in [0.15, 0.2) is 0 Å². The van der Waals surface area contributed by atoms with Crippen molar-refractivity contribution < 1.29 is 4.79 Å². The van der Waals surface area contributed by atoms with Gasteiger partial charge in [0.2, 0.25) is 5.91 Å². The van der Waals surface area contributed by atoms with E-state index in [1.54, 1.807) is 12.4 Å². The molecule has 6 nitrogen and oxygen atoms in total. The zero-order valence-electron chi connectivity index (χ0n) is 17.9. The quantitative estimate of drug-likeness (QED) is 0.604. The van der Waals surface area contributed by atoms with Gasteiger partial charge in [0.25, 0.3) is 5.56 Å². The molecular formula is C25H28N4O2. The normalized spacial score (nSPS) is 13.6. The highest BCUT2D eigenvalue weighted by molar-refractivity contribution is 5.76. The van der Waals surface area contributed by atoms with Crippen molar-refractivity contribution in [1.29, 1.82) is 0 Å². The van der Waals surface area contributed by atoms with Crippen molar-refractivity contribution >= 4 is 5.91 Å². The number of carbonyl (C=O) groups excluding carboxylic acids is 1. The summed E-state index contributed by atoms with van der Waals surface area (Å²) in [4.78, 5) is 39.2. The van der Waals surface area contributed by atoms with Gasteiger partial charge in [0.1, 0.15) is 5.82 Å². The van der Waals surface area contributed by atoms with Crippen LogP contribution in [0.4, 0.5) is 0 Å². The minimum Gasteiger partial charge on any atom is -0.338 e. The predicted molar refractivity (Wildman–Crippen MR) is 120 cm³/mol. The fraction of sp³-hybridized carbons (Fsp3) is 0.360. The van der Waals surface area contributed by atoms with Crippen molar-refractivity contribution in [3.8, 4) is 11.4 Å². The summed E-state index contributed by atoms with van der Waals surface area (Å²) in [5.41, 5.74) is 3.01. The van der Waals surface area contributed by atoms with Crippen molar-refractivity contribution in [2.24, 2.45) is 5.92 Å². The lowest BCUT2D eigenvalue weighted by Gasteiger charge is -2.32. The van der Waals surface area contributed by atoms with E-state index in [0.29, 0.717) is 42.4 Å². The summed E-state index contributed by atoms with van der Waals surface area (Å²) in [6, 6.07) is 13.7. The van der Waals surface area contributed by atoms with Crippen molar-refractivity contribution in [3.05, 3.63) is 82.0 Å². The summed E-state index contributed by atoms with van der Waals surface area (Å²) in [6.45, 7) is 3.24. The van der Waals surface area contributed by atoms with Crippen LogP contribution in [0, 0.1) is 12.8 Å². The molecule has 31 heavy (non-hydrogen) atoms. The molecule has 1 aromatic carbocycles. The van der Waals surface area contributed by atoms with Crippen LogP contribution in [0.1, 0.15) is 42.5 Å². The summed E-state index contributed by atoms with van der Waals surface area (Å²) in [6.07, 6.45) is 7.66. The molecule has 0 saturated heterocycles. The highest BCUT2D eigenvalue weighted by atomic mass is 16.2. The Bertz CT molecular complexity index is 1080. The van der Waals surface area contributed by atoms with Crippen LogP contribution >= 0.6 is 0 Å². The third-order valence-electron chi connectivity index (χ3n) is 6.04. The van der Waals surface area contributed by atoms with Crippen LogP contribution in [0.3, 0.4) is 0 Å². The van der Waals surface area contributed by atoms with E-state index in [4.69, 9.17) is 0 Å². The number of aromatic nitrogens is 3. The van der Waals surface area contributed by atoms with Gasteiger partial charge in [-0.15, -0.1) is 0 Å². The lowest BCUT2D eigenvalue weighted by Crippen LogP contribution is -2.37. The molecule has 0 atom stereocenters. The van der Waals surface area contributed by atoms with Crippen LogP contribution in [0.15, 0.2) is 59.7 Å². The number of nitrogens with one attached hydrogen (secondary N) is 1. The number of hydrogen-bond acceptors (Lipinski definition) is 4. The molecule has 1 N–H and O–H groups in total. The summed E-state index contributed by atoms with van der Waals surface area (Å²) in [5.74, 6) is 1.21. The third kappa shape index (κ3) is 5.26. The van der Waals surface area contributed by atoms with Crippen LogP contribution in [-0.4, -0.2) is 32.3 Å². The molecule has 0 radical (unpaired) electrons. The minimum absolute atomic E-state index is 0.0905. The predicted octanol–water partition coefficient (Wildman–Crippen LogP) is 3.90. The van der Waals surface area contributed by atoms with Gasteiger partial charge >= 0.3 is 0 Å². The maximum Gasteiger partial charge on any atom is 0.254 e. The molecule has 4 rings (SSSR count). The number of aryl methyl sites for hydroxylation is 1. The minimum atomic E-state index is -0.180. The van der Waals surface area contributed by atoms with Crippen molar-refractivity contribution in [3.63, 3.8) is 0 Å². The number of amides is 1. The first-order valence-electron chi connectivity index (χ1n) is 10.9. The van der Waals surface area contributed by atoms with E-state index in [1.807, 2.05) is 42.2 Å². The van der Waals surface area contributed by atoms with E-state index >= 15 is 0 Å². The summed E-state index contributed by atoms with van der Waals surface area (Å²) in [7, 11) is 0. The number of rotatable bonds is 8. The van der Waals surface area contributed by atoms with Gasteiger partial charge in [-0.2, -0.15) is 0 Å². The monoisotopic (exact) mass is 416 g/mol. The van der Waals surface area contributed by atoms with E-state index in [-0.39, 0.29) is 11.5 Å². The number of aromatic amines is 1. The molecule has 2 heterocycles. The van der Waals surface area contributed by atoms with E-state index in [2.05, 4.69) is 27.1 Å². The number of pyridine rings is 1. The molecule has 2 aromatic heterocycles. The first-order chi connectivity index (χ1) is 15.1. The lowest BCUT2D eigenvalue weighted by molar-refractivity contribution is -0.132. The zero-order valence-corrected chi connectivity index (χ0v) is 17.9. The van der Waals surface area contributed by atoms with Gasteiger partial charge < -0.3 is 9.88 Å². The molecule has 1 fully saturated rings. The Kier molecular flexibility index (Phi) is 6.55. The highest BCUT2D eigenvalue weighted by Crippen LogP contribution is 2.28. The van der Waals surface area contributed by atoms with E-state index in [9.17, 15) is 9.59 Å². The van der Waals surface area contributed by atoms with Crippen LogP contribution in [0.5, 0.6) is 0 Å². The summed E-state index contributed by atoms with van der Waals surface area (Å²) < 4.78 is 0. The zero-order chi connectivity index (χ0) is 21.6. The van der Waals surface area contributed by atoms with Gasteiger partial charge in [0, 0.05) is 48.7 Å². The molecular weight excluding hydrogens is 388 g/mol. The molecule has 0 spiro atoms. The molecule has 1 amide bonds. The van der Waals surface area contributed by atoms with Gasteiger partial charge in [-0.05, 0) is 49.8 Å². The summed E-state index contributed by atoms with van der Waals surface area (Å²) in [5, 5.41) is 0. The third-order valence-corrected chi connectivity index (χ3v) is 6.04. The molecule has 0 aliphatic heterocycles. The van der Waals surface area contributed by atoms with Gasteiger partial charge in [-0.3, -0.25) is 14.6 Å². The smallest absolute Gasteiger partial charge is 0.254 e. The van der Waals surface area contributed by atoms with Crippen LogP contribution in [0.2, 0.25) is 0 Å². The first-order valence-corrected chi connectivity index (χ1v) is 10.9. The van der Waals surface area contributed by atoms with E-state index < -0.39 is 0 Å². The Balaban J connectivity index is 1.46. The van der Waals surface area contributed by atoms with Gasteiger partial charge in [0.05, 0.1) is 0 Å². The largest absolute Gasteiger partial charge is 0.338 e. The molecule has 1 saturated carbocycles. The van der Waals surface area contributed by atoms with Crippen molar-refractivity contribution in [2.45, 2.75) is 45.6 Å². The maximum atomic E-state index is 13.1.